The number of nitrogens with one attached hydrogen (secondary N) is 1. The summed E-state index contributed by atoms with van der Waals surface area (Å²) in [5.41, 5.74) is 1.33. The number of carbonyl (C=O) groups excluding carboxylic acids is 1. The summed E-state index contributed by atoms with van der Waals surface area (Å²) < 4.78 is 39.3. The first-order valence-corrected chi connectivity index (χ1v) is 7.64. The van der Waals surface area contributed by atoms with Gasteiger partial charge in [-0.15, -0.1) is 0 Å². The molecule has 0 saturated heterocycles. The van der Waals surface area contributed by atoms with Gasteiger partial charge in [-0.3, -0.25) is 4.79 Å². The Hall–Kier alpha value is -2.38. The van der Waals surface area contributed by atoms with Gasteiger partial charge in [0.1, 0.15) is 0 Å². The van der Waals surface area contributed by atoms with Gasteiger partial charge in [0.15, 0.2) is 5.82 Å². The summed E-state index contributed by atoms with van der Waals surface area (Å²) in [6.07, 6.45) is -1.41. The van der Waals surface area contributed by atoms with Gasteiger partial charge in [-0.05, 0) is 38.8 Å². The fourth-order valence-electron chi connectivity index (χ4n) is 2.50. The highest BCUT2D eigenvalue weighted by molar-refractivity contribution is 5.79. The van der Waals surface area contributed by atoms with Gasteiger partial charge in [-0.25, -0.2) is 9.67 Å². The van der Waals surface area contributed by atoms with Crippen LogP contribution in [-0.4, -0.2) is 26.7 Å². The first-order valence-electron chi connectivity index (χ1n) is 7.64. The number of hydrogen-bond acceptors (Lipinski definition) is 3. The number of pyridine rings is 1. The molecule has 2 aromatic rings. The Morgan fingerprint density at radius 2 is 2.04 bits per heavy atom. The third kappa shape index (κ3) is 3.42. The Kier molecular flexibility index (Phi) is 4.06. The van der Waals surface area contributed by atoms with E-state index in [2.05, 4.69) is 15.4 Å². The average molecular weight is 338 g/mol. The first-order chi connectivity index (χ1) is 11.3. The Morgan fingerprint density at radius 1 is 1.33 bits per heavy atom. The van der Waals surface area contributed by atoms with Crippen molar-refractivity contribution in [2.45, 2.75) is 45.3 Å². The van der Waals surface area contributed by atoms with Crippen LogP contribution in [0.3, 0.4) is 0 Å². The number of nitrogens with zero attached hydrogens (tertiary/aromatic N) is 3. The topological polar surface area (TPSA) is 59.8 Å². The van der Waals surface area contributed by atoms with E-state index in [-0.39, 0.29) is 24.2 Å². The van der Waals surface area contributed by atoms with Crippen molar-refractivity contribution in [3.05, 3.63) is 40.8 Å². The number of alkyl halides is 3. The molecule has 3 rings (SSSR count). The van der Waals surface area contributed by atoms with Crippen molar-refractivity contribution in [1.29, 1.82) is 0 Å². The van der Waals surface area contributed by atoms with Gasteiger partial charge in [0.25, 0.3) is 0 Å². The summed E-state index contributed by atoms with van der Waals surface area (Å²) >= 11 is 0. The number of amides is 1. The van der Waals surface area contributed by atoms with Crippen molar-refractivity contribution in [2.75, 3.05) is 0 Å². The second-order valence-electron chi connectivity index (χ2n) is 5.98. The maximum atomic E-state index is 12.6. The highest BCUT2D eigenvalue weighted by Gasteiger charge is 2.31. The second kappa shape index (κ2) is 5.92. The van der Waals surface area contributed by atoms with E-state index in [1.54, 1.807) is 13.8 Å². The summed E-state index contributed by atoms with van der Waals surface area (Å²) in [6, 6.07) is 2.53. The predicted octanol–water partition coefficient (Wildman–Crippen LogP) is 2.72. The lowest BCUT2D eigenvalue weighted by Gasteiger charge is -2.08. The van der Waals surface area contributed by atoms with Gasteiger partial charge >= 0.3 is 6.18 Å². The average Bonchev–Trinajstić information content (AvgIpc) is 3.28. The second-order valence-corrected chi connectivity index (χ2v) is 5.98. The maximum absolute atomic E-state index is 12.6. The molecule has 0 spiro atoms. The highest BCUT2D eigenvalue weighted by Crippen LogP contribution is 2.29. The molecule has 0 aromatic carbocycles. The molecular formula is C16H17F3N4O. The summed E-state index contributed by atoms with van der Waals surface area (Å²) in [6.45, 7) is 3.55. The fraction of sp³-hybridized carbons (Fsp3) is 0.438. The van der Waals surface area contributed by atoms with Gasteiger partial charge in [0.05, 0.1) is 17.7 Å². The zero-order valence-electron chi connectivity index (χ0n) is 13.3. The van der Waals surface area contributed by atoms with Crippen LogP contribution < -0.4 is 5.32 Å². The third-order valence-electron chi connectivity index (χ3n) is 4.01. The standard InChI is InChI=1S/C16H17F3N4O/c1-9-13(7-15(24)21-12-4-5-12)10(2)23(22-9)14-6-3-11(8-20-14)16(17,18)19/h3,6,8,12H,4-5,7H2,1-2H3,(H,21,24). The molecule has 0 unspecified atom stereocenters. The number of aromatic nitrogens is 3. The normalized spacial score (nSPS) is 14.7. The molecule has 5 nitrogen and oxygen atoms in total. The molecule has 1 fully saturated rings. The van der Waals surface area contributed by atoms with Crippen molar-refractivity contribution < 1.29 is 18.0 Å². The molecule has 1 amide bonds. The van der Waals surface area contributed by atoms with Crippen molar-refractivity contribution in [1.82, 2.24) is 20.1 Å². The maximum Gasteiger partial charge on any atom is 0.417 e. The zero-order valence-corrected chi connectivity index (χ0v) is 13.3. The molecule has 128 valence electrons. The monoisotopic (exact) mass is 338 g/mol. The zero-order chi connectivity index (χ0) is 17.5. The summed E-state index contributed by atoms with van der Waals surface area (Å²) in [4.78, 5) is 15.8. The van der Waals surface area contributed by atoms with Crippen LogP contribution in [-0.2, 0) is 17.4 Å². The number of carbonyl (C=O) groups is 1. The minimum absolute atomic E-state index is 0.0661. The smallest absolute Gasteiger partial charge is 0.353 e. The summed E-state index contributed by atoms with van der Waals surface area (Å²) in [5, 5.41) is 7.23. The van der Waals surface area contributed by atoms with E-state index >= 15 is 0 Å². The number of halogens is 3. The Morgan fingerprint density at radius 3 is 2.58 bits per heavy atom. The molecule has 1 saturated carbocycles. The largest absolute Gasteiger partial charge is 0.417 e. The first kappa shape index (κ1) is 16.5. The number of hydrogen-bond donors (Lipinski definition) is 1. The van der Waals surface area contributed by atoms with Crippen LogP contribution in [0, 0.1) is 13.8 Å². The molecule has 1 aliphatic carbocycles. The van der Waals surface area contributed by atoms with E-state index in [0.717, 1.165) is 30.7 Å². The lowest BCUT2D eigenvalue weighted by molar-refractivity contribution is -0.137. The highest BCUT2D eigenvalue weighted by atomic mass is 19.4. The minimum Gasteiger partial charge on any atom is -0.353 e. The van der Waals surface area contributed by atoms with Gasteiger partial charge in [-0.1, -0.05) is 0 Å². The van der Waals surface area contributed by atoms with Crippen LogP contribution in [0.1, 0.15) is 35.4 Å². The van der Waals surface area contributed by atoms with Gasteiger partial charge < -0.3 is 5.32 Å². The van der Waals surface area contributed by atoms with E-state index in [4.69, 9.17) is 0 Å². The van der Waals surface area contributed by atoms with Crippen LogP contribution in [0.4, 0.5) is 13.2 Å². The van der Waals surface area contributed by atoms with E-state index in [1.807, 2.05) is 0 Å². The van der Waals surface area contributed by atoms with Crippen molar-refractivity contribution in [2.24, 2.45) is 0 Å². The third-order valence-corrected chi connectivity index (χ3v) is 4.01. The van der Waals surface area contributed by atoms with Crippen LogP contribution in [0.15, 0.2) is 18.3 Å². The molecule has 0 bridgehead atoms. The van der Waals surface area contributed by atoms with Crippen molar-refractivity contribution in [3.8, 4) is 5.82 Å². The van der Waals surface area contributed by atoms with Crippen LogP contribution in [0.2, 0.25) is 0 Å². The molecule has 0 aliphatic heterocycles. The fourth-order valence-corrected chi connectivity index (χ4v) is 2.50. The minimum atomic E-state index is -4.42. The lowest BCUT2D eigenvalue weighted by atomic mass is 10.1. The van der Waals surface area contributed by atoms with Gasteiger partial charge in [0.2, 0.25) is 5.91 Å². The van der Waals surface area contributed by atoms with Crippen LogP contribution >= 0.6 is 0 Å². The Labute approximate surface area is 136 Å². The molecular weight excluding hydrogens is 321 g/mol. The Bertz CT molecular complexity index is 761. The van der Waals surface area contributed by atoms with E-state index in [1.165, 1.54) is 10.7 Å². The summed E-state index contributed by atoms with van der Waals surface area (Å²) in [7, 11) is 0. The van der Waals surface area contributed by atoms with E-state index in [9.17, 15) is 18.0 Å². The van der Waals surface area contributed by atoms with Crippen molar-refractivity contribution >= 4 is 5.91 Å². The van der Waals surface area contributed by atoms with Crippen LogP contribution in [0.25, 0.3) is 5.82 Å². The van der Waals surface area contributed by atoms with E-state index in [0.29, 0.717) is 11.4 Å². The number of rotatable bonds is 4. The summed E-state index contributed by atoms with van der Waals surface area (Å²) in [5.74, 6) is 0.223. The Balaban J connectivity index is 1.83. The molecule has 1 aliphatic rings. The predicted molar refractivity (Wildman–Crippen MR) is 80.7 cm³/mol. The molecule has 24 heavy (non-hydrogen) atoms. The quantitative estimate of drug-likeness (QED) is 0.932. The van der Waals surface area contributed by atoms with Crippen molar-refractivity contribution in [3.63, 3.8) is 0 Å². The molecule has 2 heterocycles. The number of aryl methyl sites for hydroxylation is 1. The molecule has 0 radical (unpaired) electrons. The van der Waals surface area contributed by atoms with Crippen LogP contribution in [0.5, 0.6) is 0 Å². The van der Waals surface area contributed by atoms with Gasteiger partial charge in [-0.2, -0.15) is 18.3 Å². The molecule has 1 N–H and O–H groups in total. The van der Waals surface area contributed by atoms with Gasteiger partial charge in [0, 0.05) is 23.5 Å². The molecule has 2 aromatic heterocycles. The lowest BCUT2D eigenvalue weighted by Crippen LogP contribution is -2.27. The van der Waals surface area contributed by atoms with E-state index < -0.39 is 11.7 Å². The molecule has 0 atom stereocenters. The SMILES string of the molecule is Cc1nn(-c2ccc(C(F)(F)F)cn2)c(C)c1CC(=O)NC1CC1. The molecule has 8 heteroatoms.